The Morgan fingerprint density at radius 1 is 1.27 bits per heavy atom. The van der Waals surface area contributed by atoms with Crippen LogP contribution in [0.25, 0.3) is 11.4 Å². The van der Waals surface area contributed by atoms with E-state index >= 15 is 0 Å². The van der Waals surface area contributed by atoms with Crippen LogP contribution in [0.1, 0.15) is 13.8 Å². The van der Waals surface area contributed by atoms with Gasteiger partial charge in [0, 0.05) is 30.7 Å². The second-order valence-corrected chi connectivity index (χ2v) is 6.17. The topological polar surface area (TPSA) is 87.2 Å². The van der Waals surface area contributed by atoms with Crippen molar-refractivity contribution in [2.45, 2.75) is 13.8 Å². The van der Waals surface area contributed by atoms with Gasteiger partial charge in [-0.15, -0.1) is 10.2 Å². The fourth-order valence-electron chi connectivity index (χ4n) is 2.16. The molecule has 0 atom stereocenters. The van der Waals surface area contributed by atoms with E-state index in [1.807, 2.05) is 45.2 Å². The van der Waals surface area contributed by atoms with Crippen molar-refractivity contribution in [1.29, 1.82) is 0 Å². The molecule has 0 unspecified atom stereocenters. The summed E-state index contributed by atoms with van der Waals surface area (Å²) in [4.78, 5) is 2.16. The van der Waals surface area contributed by atoms with Crippen LogP contribution in [0.2, 0.25) is 0 Å². The Bertz CT molecular complexity index is 554. The molecule has 0 saturated heterocycles. The van der Waals surface area contributed by atoms with Gasteiger partial charge in [-0.1, -0.05) is 13.8 Å². The average Bonchev–Trinajstić information content (AvgIpc) is 3.02. The summed E-state index contributed by atoms with van der Waals surface area (Å²) in [6.45, 7) is 6.48. The van der Waals surface area contributed by atoms with Gasteiger partial charge in [-0.3, -0.25) is 0 Å². The number of rotatable bonds is 8. The number of nitrogens with zero attached hydrogens (tertiary/aromatic N) is 4. The van der Waals surface area contributed by atoms with Gasteiger partial charge in [0.05, 0.1) is 0 Å². The highest BCUT2D eigenvalue weighted by atomic mass is 16.5. The van der Waals surface area contributed by atoms with E-state index in [0.29, 0.717) is 12.4 Å². The van der Waals surface area contributed by atoms with Gasteiger partial charge in [0.1, 0.15) is 12.4 Å². The first-order valence-electron chi connectivity index (χ1n) is 7.26. The van der Waals surface area contributed by atoms with Gasteiger partial charge in [0.25, 0.3) is 0 Å². The summed E-state index contributed by atoms with van der Waals surface area (Å²) in [5.41, 5.74) is 0.795. The number of H-pyrrole nitrogens is 1. The molecule has 0 radical (unpaired) electrons. The average molecular weight is 305 g/mol. The van der Waals surface area contributed by atoms with Crippen LogP contribution in [0.3, 0.4) is 0 Å². The van der Waals surface area contributed by atoms with Crippen LogP contribution in [-0.4, -0.2) is 64.0 Å². The number of aliphatic hydroxyl groups excluding tert-OH is 1. The lowest BCUT2D eigenvalue weighted by Gasteiger charge is -2.28. The zero-order valence-corrected chi connectivity index (χ0v) is 13.3. The summed E-state index contributed by atoms with van der Waals surface area (Å²) in [7, 11) is 2.03. The molecular weight excluding hydrogens is 282 g/mol. The Morgan fingerprint density at radius 2 is 2.00 bits per heavy atom. The summed E-state index contributed by atoms with van der Waals surface area (Å²) < 4.78 is 5.73. The van der Waals surface area contributed by atoms with E-state index < -0.39 is 0 Å². The van der Waals surface area contributed by atoms with Crippen molar-refractivity contribution in [2.24, 2.45) is 5.41 Å². The second-order valence-electron chi connectivity index (χ2n) is 6.17. The molecule has 0 aliphatic carbocycles. The highest BCUT2D eigenvalue weighted by Gasteiger charge is 2.18. The second kappa shape index (κ2) is 7.33. The first-order chi connectivity index (χ1) is 10.5. The molecule has 1 aromatic heterocycles. The normalized spacial score (nSPS) is 11.9. The lowest BCUT2D eigenvalue weighted by Crippen LogP contribution is -2.36. The number of likely N-dealkylation sites (N-methyl/N-ethyl adjacent to an activating group) is 1. The lowest BCUT2D eigenvalue weighted by atomic mass is 9.94. The zero-order valence-electron chi connectivity index (χ0n) is 13.3. The third kappa shape index (κ3) is 4.78. The van der Waals surface area contributed by atoms with Crippen LogP contribution in [0.4, 0.5) is 0 Å². The SMILES string of the molecule is CN(CCOc1ccc(-c2nn[nH]n2)cc1)CC(C)(C)CO. The predicted octanol–water partition coefficient (Wildman–Crippen LogP) is 1.20. The Kier molecular flexibility index (Phi) is 5.46. The predicted molar refractivity (Wildman–Crippen MR) is 83.5 cm³/mol. The van der Waals surface area contributed by atoms with Gasteiger partial charge in [-0.25, -0.2) is 0 Å². The Hall–Kier alpha value is -1.99. The Labute approximate surface area is 130 Å². The number of benzene rings is 1. The van der Waals surface area contributed by atoms with Crippen molar-refractivity contribution >= 4 is 0 Å². The number of ether oxygens (including phenoxy) is 1. The van der Waals surface area contributed by atoms with E-state index in [-0.39, 0.29) is 12.0 Å². The molecule has 0 spiro atoms. The molecule has 0 bridgehead atoms. The van der Waals surface area contributed by atoms with E-state index in [0.717, 1.165) is 24.4 Å². The van der Waals surface area contributed by atoms with E-state index in [9.17, 15) is 5.11 Å². The fraction of sp³-hybridized carbons (Fsp3) is 0.533. The van der Waals surface area contributed by atoms with Gasteiger partial charge in [0.2, 0.25) is 5.82 Å². The maximum atomic E-state index is 9.28. The van der Waals surface area contributed by atoms with Crippen molar-refractivity contribution in [1.82, 2.24) is 25.5 Å². The highest BCUT2D eigenvalue weighted by molar-refractivity contribution is 5.54. The molecule has 7 nitrogen and oxygen atoms in total. The van der Waals surface area contributed by atoms with Crippen molar-refractivity contribution in [3.05, 3.63) is 24.3 Å². The van der Waals surface area contributed by atoms with Gasteiger partial charge in [-0.2, -0.15) is 5.21 Å². The Morgan fingerprint density at radius 3 is 2.59 bits per heavy atom. The van der Waals surface area contributed by atoms with Crippen molar-refractivity contribution < 1.29 is 9.84 Å². The minimum absolute atomic E-state index is 0.0962. The summed E-state index contributed by atoms with van der Waals surface area (Å²) in [6, 6.07) is 7.59. The minimum atomic E-state index is -0.0962. The smallest absolute Gasteiger partial charge is 0.204 e. The number of hydrogen-bond acceptors (Lipinski definition) is 6. The fourth-order valence-corrected chi connectivity index (χ4v) is 2.16. The van der Waals surface area contributed by atoms with E-state index in [1.54, 1.807) is 0 Å². The first kappa shape index (κ1) is 16.4. The molecular formula is C15H23N5O2. The number of nitrogens with one attached hydrogen (secondary N) is 1. The van der Waals surface area contributed by atoms with E-state index in [1.165, 1.54) is 0 Å². The molecule has 0 aliphatic heterocycles. The van der Waals surface area contributed by atoms with Crippen LogP contribution in [-0.2, 0) is 0 Å². The molecule has 120 valence electrons. The summed E-state index contributed by atoms with van der Waals surface area (Å²) in [6.07, 6.45) is 0. The largest absolute Gasteiger partial charge is 0.492 e. The molecule has 1 aromatic carbocycles. The number of aromatic nitrogens is 4. The molecule has 2 N–H and O–H groups in total. The summed E-state index contributed by atoms with van der Waals surface area (Å²) in [5, 5.41) is 23.1. The number of aromatic amines is 1. The molecule has 22 heavy (non-hydrogen) atoms. The number of tetrazole rings is 1. The monoisotopic (exact) mass is 305 g/mol. The van der Waals surface area contributed by atoms with Crippen LogP contribution in [0.5, 0.6) is 5.75 Å². The molecule has 2 rings (SSSR count). The maximum absolute atomic E-state index is 9.28. The minimum Gasteiger partial charge on any atom is -0.492 e. The summed E-state index contributed by atoms with van der Waals surface area (Å²) in [5.74, 6) is 1.37. The van der Waals surface area contributed by atoms with Gasteiger partial charge >= 0.3 is 0 Å². The number of aliphatic hydroxyl groups is 1. The maximum Gasteiger partial charge on any atom is 0.204 e. The molecule has 0 fully saturated rings. The summed E-state index contributed by atoms with van der Waals surface area (Å²) >= 11 is 0. The third-order valence-corrected chi connectivity index (χ3v) is 3.33. The van der Waals surface area contributed by atoms with Gasteiger partial charge in [-0.05, 0) is 36.5 Å². The van der Waals surface area contributed by atoms with Gasteiger partial charge in [0.15, 0.2) is 0 Å². The molecule has 7 heteroatoms. The van der Waals surface area contributed by atoms with Crippen LogP contribution >= 0.6 is 0 Å². The highest BCUT2D eigenvalue weighted by Crippen LogP contribution is 2.18. The van der Waals surface area contributed by atoms with E-state index in [4.69, 9.17) is 4.74 Å². The molecule has 0 saturated carbocycles. The Balaban J connectivity index is 1.78. The quantitative estimate of drug-likeness (QED) is 0.762. The van der Waals surface area contributed by atoms with Gasteiger partial charge < -0.3 is 14.7 Å². The lowest BCUT2D eigenvalue weighted by molar-refractivity contribution is 0.107. The molecule has 2 aromatic rings. The van der Waals surface area contributed by atoms with Crippen molar-refractivity contribution in [3.8, 4) is 17.1 Å². The third-order valence-electron chi connectivity index (χ3n) is 3.33. The molecule has 0 aliphatic rings. The van der Waals surface area contributed by atoms with Crippen LogP contribution in [0, 0.1) is 5.41 Å². The zero-order chi connectivity index (χ0) is 16.0. The van der Waals surface area contributed by atoms with Crippen LogP contribution < -0.4 is 4.74 Å². The van der Waals surface area contributed by atoms with E-state index in [2.05, 4.69) is 25.5 Å². The first-order valence-corrected chi connectivity index (χ1v) is 7.26. The van der Waals surface area contributed by atoms with Crippen molar-refractivity contribution in [2.75, 3.05) is 33.4 Å². The van der Waals surface area contributed by atoms with Crippen molar-refractivity contribution in [3.63, 3.8) is 0 Å². The van der Waals surface area contributed by atoms with Crippen LogP contribution in [0.15, 0.2) is 24.3 Å². The molecule has 1 heterocycles. The number of hydrogen-bond donors (Lipinski definition) is 2. The molecule has 0 amide bonds. The standard InChI is InChI=1S/C15H23N5O2/c1-15(2,11-21)10-20(3)8-9-22-13-6-4-12(5-7-13)14-16-18-19-17-14/h4-7,21H,8-11H2,1-3H3,(H,16,17,18,19).